The molecule has 56 heavy (non-hydrogen) atoms. The van der Waals surface area contributed by atoms with Crippen molar-refractivity contribution in [3.05, 3.63) is 143 Å². The van der Waals surface area contributed by atoms with E-state index in [0.29, 0.717) is 29.5 Å². The smallest absolute Gasteiger partial charge is 0.493 e. The number of nitrogens with one attached hydrogen (secondary N) is 1. The second-order valence-corrected chi connectivity index (χ2v) is 14.8. The molecule has 1 N–H and O–H groups in total. The minimum absolute atomic E-state index is 0.0171. The van der Waals surface area contributed by atoms with E-state index in [9.17, 15) is 18.9 Å². The number of amides is 1. The Labute approximate surface area is 321 Å². The van der Waals surface area contributed by atoms with Gasteiger partial charge in [-0.1, -0.05) is 85.4 Å². The molecule has 14 nitrogen and oxygen atoms in total. The number of ether oxygens (including phenoxy) is 4. The van der Waals surface area contributed by atoms with E-state index in [-0.39, 0.29) is 42.7 Å². The molecule has 2 aliphatic heterocycles. The number of carbonyl (C=O) groups excluding carboxylic acids is 2. The maximum atomic E-state index is 16.4. The second kappa shape index (κ2) is 18.0. The third-order valence-corrected chi connectivity index (χ3v) is 10.5. The lowest BCUT2D eigenvalue weighted by atomic mass is 10.1. The average Bonchev–Trinajstić information content (AvgIpc) is 3.43. The zero-order chi connectivity index (χ0) is 39.7. The van der Waals surface area contributed by atoms with E-state index in [1.807, 2.05) is 30.3 Å². The van der Waals surface area contributed by atoms with Gasteiger partial charge in [0.25, 0.3) is 0 Å². The third-order valence-electron chi connectivity index (χ3n) is 8.93. The van der Waals surface area contributed by atoms with Crippen LogP contribution in [0.25, 0.3) is 0 Å². The van der Waals surface area contributed by atoms with Crippen molar-refractivity contribution in [2.24, 2.45) is 0 Å². The standard InChI is InChI=1S/C39H41F2N4O10P/c1-27(50-24-28-13-6-3-7-14-28)23-30-20-22-45(37(47)42-30)36-39(40,41)34(54-38(48)51-25-29-15-8-4-9-16-29)33(53-36)26-52-56(49,55-31-17-10-5-11-18-31)43-32-19-12-21-44(2)35(32)46/h3-11,13-18,20,22,32-34,36H,1,12,19,21,23-26H2,2H3,(H,43,49)/t32?,33-,34-,36-,56?/m1/s1. The minimum Gasteiger partial charge on any atom is -0.493 e. The lowest BCUT2D eigenvalue weighted by Gasteiger charge is -2.32. The molecule has 2 unspecified atom stereocenters. The number of likely N-dealkylation sites (tertiary alicyclic amines) is 1. The van der Waals surface area contributed by atoms with Gasteiger partial charge in [-0.15, -0.1) is 0 Å². The van der Waals surface area contributed by atoms with Crippen LogP contribution < -0.4 is 15.3 Å². The number of piperidine rings is 1. The quantitative estimate of drug-likeness (QED) is 0.0782. The number of alkyl halides is 2. The van der Waals surface area contributed by atoms with Crippen LogP contribution in [0.4, 0.5) is 13.6 Å². The SMILES string of the molecule is C=C(Cc1ccn([C@@H]2O[C@H](COP(=O)(NC3CCCN(C)C3=O)Oc3ccccc3)[C@@H](OC(=O)OCc3ccccc3)C2(F)F)c(=O)n1)OCc1ccccc1. The number of rotatable bonds is 16. The van der Waals surface area contributed by atoms with Gasteiger partial charge in [0.2, 0.25) is 18.2 Å². The normalized spacial score (nSPS) is 21.5. The van der Waals surface area contributed by atoms with Crippen LogP contribution in [-0.2, 0) is 52.5 Å². The van der Waals surface area contributed by atoms with Gasteiger partial charge in [0.15, 0.2) is 0 Å². The van der Waals surface area contributed by atoms with Crippen molar-refractivity contribution in [1.82, 2.24) is 19.5 Å². The van der Waals surface area contributed by atoms with Gasteiger partial charge < -0.3 is 28.4 Å². The number of hydrogen-bond acceptors (Lipinski definition) is 11. The van der Waals surface area contributed by atoms with Gasteiger partial charge >= 0.3 is 25.5 Å². The number of hydrogen-bond donors (Lipinski definition) is 1. The number of halogens is 2. The Morgan fingerprint density at radius 3 is 2.23 bits per heavy atom. The monoisotopic (exact) mass is 794 g/mol. The van der Waals surface area contributed by atoms with Crippen molar-refractivity contribution in [3.8, 4) is 5.75 Å². The summed E-state index contributed by atoms with van der Waals surface area (Å²) in [6.45, 7) is 3.38. The van der Waals surface area contributed by atoms with Crippen molar-refractivity contribution in [3.63, 3.8) is 0 Å². The van der Waals surface area contributed by atoms with Gasteiger partial charge in [-0.25, -0.2) is 14.2 Å². The number of likely N-dealkylation sites (N-methyl/N-ethyl adjacent to an activating group) is 1. The average molecular weight is 795 g/mol. The van der Waals surface area contributed by atoms with Crippen molar-refractivity contribution in [2.75, 3.05) is 20.2 Å². The summed E-state index contributed by atoms with van der Waals surface area (Å²) in [5.74, 6) is -4.07. The molecular weight excluding hydrogens is 753 g/mol. The highest BCUT2D eigenvalue weighted by molar-refractivity contribution is 7.52. The first kappa shape index (κ1) is 40.3. The van der Waals surface area contributed by atoms with Gasteiger partial charge in [-0.2, -0.15) is 18.9 Å². The molecular formula is C39H41F2N4O10P. The number of carbonyl (C=O) groups is 2. The molecule has 0 aliphatic carbocycles. The minimum atomic E-state index is -4.52. The van der Waals surface area contributed by atoms with Gasteiger partial charge in [-0.05, 0) is 42.2 Å². The van der Waals surface area contributed by atoms with Gasteiger partial charge in [-0.3, -0.25) is 13.9 Å². The van der Waals surface area contributed by atoms with E-state index < -0.39 is 56.6 Å². The molecule has 1 aromatic heterocycles. The molecule has 4 aromatic rings. The first-order chi connectivity index (χ1) is 26.9. The molecule has 296 valence electrons. The maximum absolute atomic E-state index is 16.4. The molecule has 3 aromatic carbocycles. The van der Waals surface area contributed by atoms with Crippen LogP contribution in [0.5, 0.6) is 5.75 Å². The van der Waals surface area contributed by atoms with Crippen LogP contribution in [0.2, 0.25) is 0 Å². The Balaban J connectivity index is 1.22. The zero-order valence-corrected chi connectivity index (χ0v) is 31.3. The molecule has 6 rings (SSSR count). The molecule has 5 atom stereocenters. The van der Waals surface area contributed by atoms with E-state index in [1.54, 1.807) is 55.6 Å². The third kappa shape index (κ3) is 10.3. The van der Waals surface area contributed by atoms with E-state index >= 15 is 8.78 Å². The summed E-state index contributed by atoms with van der Waals surface area (Å²) in [7, 11) is -2.93. The van der Waals surface area contributed by atoms with Crippen LogP contribution in [0, 0.1) is 0 Å². The molecule has 1 amide bonds. The summed E-state index contributed by atoms with van der Waals surface area (Å²) in [5.41, 5.74) is 0.548. The van der Waals surface area contributed by atoms with E-state index in [4.69, 9.17) is 28.0 Å². The Morgan fingerprint density at radius 1 is 0.964 bits per heavy atom. The fourth-order valence-corrected chi connectivity index (χ4v) is 7.61. The molecule has 3 heterocycles. The van der Waals surface area contributed by atoms with Crippen molar-refractivity contribution in [2.45, 2.75) is 62.9 Å². The number of allylic oxidation sites excluding steroid dienone is 1. The Bertz CT molecular complexity index is 2080. The predicted octanol–water partition coefficient (Wildman–Crippen LogP) is 6.19. The molecule has 17 heteroatoms. The van der Waals surface area contributed by atoms with E-state index in [2.05, 4.69) is 16.7 Å². The van der Waals surface area contributed by atoms with Crippen LogP contribution >= 0.6 is 7.75 Å². The fraction of sp³-hybridized carbons (Fsp3) is 0.333. The topological polar surface area (TPSA) is 157 Å². The molecule has 2 fully saturated rings. The number of para-hydroxylation sites is 1. The summed E-state index contributed by atoms with van der Waals surface area (Å²) < 4.78 is 80.7. The van der Waals surface area contributed by atoms with Crippen LogP contribution in [0.1, 0.15) is 35.9 Å². The van der Waals surface area contributed by atoms with Gasteiger partial charge in [0, 0.05) is 26.2 Å². The molecule has 2 saturated heterocycles. The largest absolute Gasteiger partial charge is 0.509 e. The predicted molar refractivity (Wildman–Crippen MR) is 197 cm³/mol. The molecule has 0 bridgehead atoms. The Hall–Kier alpha value is -5.41. The number of nitrogens with zero attached hydrogens (tertiary/aromatic N) is 3. The van der Waals surface area contributed by atoms with Gasteiger partial charge in [0.05, 0.1) is 24.1 Å². The first-order valence-electron chi connectivity index (χ1n) is 17.8. The van der Waals surface area contributed by atoms with E-state index in [0.717, 1.165) is 11.8 Å². The number of benzene rings is 3. The van der Waals surface area contributed by atoms with Crippen molar-refractivity contribution in [1.29, 1.82) is 0 Å². The number of aromatic nitrogens is 2. The summed E-state index contributed by atoms with van der Waals surface area (Å²) in [5, 5.41) is 2.65. The molecule has 2 aliphatic rings. The molecule has 0 spiro atoms. The van der Waals surface area contributed by atoms with Crippen LogP contribution in [0.3, 0.4) is 0 Å². The maximum Gasteiger partial charge on any atom is 0.509 e. The summed E-state index contributed by atoms with van der Waals surface area (Å²) in [6, 6.07) is 26.0. The lowest BCUT2D eigenvalue weighted by Crippen LogP contribution is -2.48. The highest BCUT2D eigenvalue weighted by Crippen LogP contribution is 2.49. The zero-order valence-electron chi connectivity index (χ0n) is 30.4. The highest BCUT2D eigenvalue weighted by Gasteiger charge is 2.63. The summed E-state index contributed by atoms with van der Waals surface area (Å²) in [6.07, 6.45) is -6.10. The van der Waals surface area contributed by atoms with Crippen LogP contribution in [0.15, 0.2) is 120 Å². The molecule has 0 saturated carbocycles. The first-order valence-corrected chi connectivity index (χ1v) is 19.3. The second-order valence-electron chi connectivity index (χ2n) is 13.1. The van der Waals surface area contributed by atoms with Crippen LogP contribution in [-0.4, -0.2) is 70.9 Å². The van der Waals surface area contributed by atoms with E-state index in [1.165, 1.54) is 23.1 Å². The molecule has 0 radical (unpaired) electrons. The highest BCUT2D eigenvalue weighted by atomic mass is 31.2. The van der Waals surface area contributed by atoms with Crippen molar-refractivity contribution < 1.29 is 50.9 Å². The lowest BCUT2D eigenvalue weighted by molar-refractivity contribution is -0.146. The fourth-order valence-electron chi connectivity index (χ4n) is 6.06. The summed E-state index contributed by atoms with van der Waals surface area (Å²) in [4.78, 5) is 44.5. The Kier molecular flexibility index (Phi) is 13.0. The van der Waals surface area contributed by atoms with Crippen molar-refractivity contribution >= 4 is 19.8 Å². The Morgan fingerprint density at radius 2 is 1.59 bits per heavy atom. The van der Waals surface area contributed by atoms with Gasteiger partial charge in [0.1, 0.15) is 25.1 Å². The summed E-state index contributed by atoms with van der Waals surface area (Å²) >= 11 is 0.